The average Bonchev–Trinajstić information content (AvgIpc) is 2.49. The topological polar surface area (TPSA) is 59.2 Å². The van der Waals surface area contributed by atoms with E-state index in [2.05, 4.69) is 4.98 Å². The smallest absolute Gasteiger partial charge is 0.222 e. The van der Waals surface area contributed by atoms with Crippen molar-refractivity contribution in [3.8, 4) is 0 Å². The van der Waals surface area contributed by atoms with E-state index in [0.717, 1.165) is 12.0 Å². The normalized spacial score (nSPS) is 21.6. The standard InChI is InChI=1S/C10H13N3O/c1-13-9(2-3-10(13)14)7-6-12-5-4-8(7)11/h4-6,9H,2-3H2,1H3,(H2,11,12). The van der Waals surface area contributed by atoms with Gasteiger partial charge in [0.15, 0.2) is 0 Å². The Morgan fingerprint density at radius 3 is 3.00 bits per heavy atom. The molecule has 0 saturated carbocycles. The summed E-state index contributed by atoms with van der Waals surface area (Å²) in [5, 5.41) is 0. The molecule has 4 heteroatoms. The Kier molecular flexibility index (Phi) is 2.11. The summed E-state index contributed by atoms with van der Waals surface area (Å²) < 4.78 is 0. The summed E-state index contributed by atoms with van der Waals surface area (Å²) in [6.07, 6.45) is 4.85. The zero-order valence-electron chi connectivity index (χ0n) is 8.10. The number of amides is 1. The van der Waals surface area contributed by atoms with Crippen LogP contribution in [-0.2, 0) is 4.79 Å². The van der Waals surface area contributed by atoms with Gasteiger partial charge in [-0.2, -0.15) is 0 Å². The van der Waals surface area contributed by atoms with Crippen LogP contribution in [-0.4, -0.2) is 22.8 Å². The third-order valence-electron chi connectivity index (χ3n) is 2.74. The van der Waals surface area contributed by atoms with E-state index in [4.69, 9.17) is 5.73 Å². The molecule has 1 atom stereocenters. The monoisotopic (exact) mass is 191 g/mol. The van der Waals surface area contributed by atoms with Gasteiger partial charge in [0.2, 0.25) is 5.91 Å². The van der Waals surface area contributed by atoms with Gasteiger partial charge < -0.3 is 10.6 Å². The lowest BCUT2D eigenvalue weighted by Crippen LogP contribution is -2.23. The fourth-order valence-corrected chi connectivity index (χ4v) is 1.86. The number of nitrogens with two attached hydrogens (primary N) is 1. The Morgan fingerprint density at radius 1 is 1.64 bits per heavy atom. The van der Waals surface area contributed by atoms with Crippen LogP contribution in [0.3, 0.4) is 0 Å². The summed E-state index contributed by atoms with van der Waals surface area (Å²) >= 11 is 0. The lowest BCUT2D eigenvalue weighted by molar-refractivity contribution is -0.127. The van der Waals surface area contributed by atoms with Crippen molar-refractivity contribution in [1.82, 2.24) is 9.88 Å². The number of carbonyl (C=O) groups excluding carboxylic acids is 1. The predicted molar refractivity (Wildman–Crippen MR) is 53.4 cm³/mol. The molecule has 2 N–H and O–H groups in total. The van der Waals surface area contributed by atoms with E-state index in [1.807, 2.05) is 7.05 Å². The van der Waals surface area contributed by atoms with Crippen LogP contribution >= 0.6 is 0 Å². The second-order valence-electron chi connectivity index (χ2n) is 3.56. The molecule has 0 spiro atoms. The molecule has 1 aromatic heterocycles. The molecule has 1 saturated heterocycles. The van der Waals surface area contributed by atoms with Crippen molar-refractivity contribution in [2.45, 2.75) is 18.9 Å². The maximum atomic E-state index is 11.3. The van der Waals surface area contributed by atoms with Gasteiger partial charge in [0.05, 0.1) is 6.04 Å². The highest BCUT2D eigenvalue weighted by Crippen LogP contribution is 2.33. The van der Waals surface area contributed by atoms with Crippen LogP contribution in [0.4, 0.5) is 5.69 Å². The van der Waals surface area contributed by atoms with Crippen LogP contribution in [0.5, 0.6) is 0 Å². The first kappa shape index (κ1) is 8.99. The highest BCUT2D eigenvalue weighted by molar-refractivity contribution is 5.79. The lowest BCUT2D eigenvalue weighted by Gasteiger charge is -2.20. The lowest BCUT2D eigenvalue weighted by atomic mass is 10.1. The third kappa shape index (κ3) is 1.32. The van der Waals surface area contributed by atoms with Crippen LogP contribution in [0.25, 0.3) is 0 Å². The number of aromatic nitrogens is 1. The molecule has 74 valence electrons. The van der Waals surface area contributed by atoms with Gasteiger partial charge in [0.25, 0.3) is 0 Å². The molecule has 1 aliphatic rings. The highest BCUT2D eigenvalue weighted by Gasteiger charge is 2.29. The minimum atomic E-state index is 0.108. The summed E-state index contributed by atoms with van der Waals surface area (Å²) in [5.74, 6) is 0.179. The second-order valence-corrected chi connectivity index (χ2v) is 3.56. The fourth-order valence-electron chi connectivity index (χ4n) is 1.86. The molecule has 1 aromatic rings. The highest BCUT2D eigenvalue weighted by atomic mass is 16.2. The number of pyridine rings is 1. The summed E-state index contributed by atoms with van der Waals surface area (Å²) in [6, 6.07) is 1.88. The van der Waals surface area contributed by atoms with Crippen molar-refractivity contribution in [3.63, 3.8) is 0 Å². The van der Waals surface area contributed by atoms with Crippen molar-refractivity contribution >= 4 is 11.6 Å². The number of nitrogens with zero attached hydrogens (tertiary/aromatic N) is 2. The van der Waals surface area contributed by atoms with Crippen molar-refractivity contribution < 1.29 is 4.79 Å². The molecule has 0 radical (unpaired) electrons. The molecule has 14 heavy (non-hydrogen) atoms. The summed E-state index contributed by atoms with van der Waals surface area (Å²) in [5.41, 5.74) is 7.50. The summed E-state index contributed by atoms with van der Waals surface area (Å²) in [6.45, 7) is 0. The number of rotatable bonds is 1. The molecule has 1 unspecified atom stereocenters. The maximum Gasteiger partial charge on any atom is 0.222 e. The number of nitrogen functional groups attached to an aromatic ring is 1. The van der Waals surface area contributed by atoms with E-state index in [1.54, 1.807) is 23.4 Å². The first-order chi connectivity index (χ1) is 6.70. The molecule has 2 heterocycles. The number of hydrogen-bond donors (Lipinski definition) is 1. The molecule has 0 aliphatic carbocycles. The molecule has 1 fully saturated rings. The van der Waals surface area contributed by atoms with Gasteiger partial charge >= 0.3 is 0 Å². The number of anilines is 1. The van der Waals surface area contributed by atoms with E-state index in [-0.39, 0.29) is 11.9 Å². The van der Waals surface area contributed by atoms with Crippen LogP contribution in [0.15, 0.2) is 18.5 Å². The largest absolute Gasteiger partial charge is 0.398 e. The fraction of sp³-hybridized carbons (Fsp3) is 0.400. The van der Waals surface area contributed by atoms with Crippen molar-refractivity contribution in [3.05, 3.63) is 24.0 Å². The van der Waals surface area contributed by atoms with E-state index in [9.17, 15) is 4.79 Å². The Labute approximate surface area is 82.7 Å². The minimum Gasteiger partial charge on any atom is -0.398 e. The summed E-state index contributed by atoms with van der Waals surface area (Å²) in [7, 11) is 1.81. The number of likely N-dealkylation sites (tertiary alicyclic amines) is 1. The van der Waals surface area contributed by atoms with Gasteiger partial charge in [0.1, 0.15) is 0 Å². The van der Waals surface area contributed by atoms with Crippen LogP contribution in [0.2, 0.25) is 0 Å². The Hall–Kier alpha value is -1.58. The molecular formula is C10H13N3O. The van der Waals surface area contributed by atoms with Crippen LogP contribution in [0, 0.1) is 0 Å². The molecular weight excluding hydrogens is 178 g/mol. The Bertz CT molecular complexity index is 364. The van der Waals surface area contributed by atoms with Gasteiger partial charge in [-0.3, -0.25) is 9.78 Å². The van der Waals surface area contributed by atoms with Gasteiger partial charge in [-0.05, 0) is 12.5 Å². The first-order valence-electron chi connectivity index (χ1n) is 4.65. The van der Waals surface area contributed by atoms with E-state index >= 15 is 0 Å². The van der Waals surface area contributed by atoms with Gasteiger partial charge in [-0.1, -0.05) is 0 Å². The zero-order valence-corrected chi connectivity index (χ0v) is 8.10. The van der Waals surface area contributed by atoms with Gasteiger partial charge in [0, 0.05) is 37.1 Å². The molecule has 1 aliphatic heterocycles. The molecule has 0 aromatic carbocycles. The average molecular weight is 191 g/mol. The Morgan fingerprint density at radius 2 is 2.43 bits per heavy atom. The quantitative estimate of drug-likeness (QED) is 0.719. The van der Waals surface area contributed by atoms with E-state index in [0.29, 0.717) is 12.1 Å². The molecule has 0 bridgehead atoms. The van der Waals surface area contributed by atoms with E-state index in [1.165, 1.54) is 0 Å². The Balaban J connectivity index is 2.32. The SMILES string of the molecule is CN1C(=O)CCC1c1cnccc1N. The van der Waals surface area contributed by atoms with Crippen molar-refractivity contribution in [2.75, 3.05) is 12.8 Å². The minimum absolute atomic E-state index is 0.108. The summed E-state index contributed by atoms with van der Waals surface area (Å²) in [4.78, 5) is 17.1. The van der Waals surface area contributed by atoms with Gasteiger partial charge in [-0.25, -0.2) is 0 Å². The third-order valence-corrected chi connectivity index (χ3v) is 2.74. The van der Waals surface area contributed by atoms with Crippen molar-refractivity contribution in [2.24, 2.45) is 0 Å². The predicted octanol–water partition coefficient (Wildman–Crippen LogP) is 0.957. The zero-order chi connectivity index (χ0) is 10.1. The number of carbonyl (C=O) groups is 1. The van der Waals surface area contributed by atoms with Crippen LogP contribution in [0.1, 0.15) is 24.4 Å². The molecule has 2 rings (SSSR count). The van der Waals surface area contributed by atoms with Gasteiger partial charge in [-0.15, -0.1) is 0 Å². The van der Waals surface area contributed by atoms with E-state index < -0.39 is 0 Å². The second kappa shape index (κ2) is 3.29. The van der Waals surface area contributed by atoms with Crippen LogP contribution < -0.4 is 5.73 Å². The first-order valence-corrected chi connectivity index (χ1v) is 4.65. The maximum absolute atomic E-state index is 11.3. The molecule has 1 amide bonds. The molecule has 4 nitrogen and oxygen atoms in total. The number of hydrogen-bond acceptors (Lipinski definition) is 3. The van der Waals surface area contributed by atoms with Crippen molar-refractivity contribution in [1.29, 1.82) is 0 Å².